The molecule has 5 nitrogen and oxygen atoms in total. The number of aromatic hydroxyl groups is 1. The summed E-state index contributed by atoms with van der Waals surface area (Å²) in [5.41, 5.74) is 2.35. The van der Waals surface area contributed by atoms with Gasteiger partial charge in [0.25, 0.3) is 0 Å². The van der Waals surface area contributed by atoms with Crippen LogP contribution in [0.5, 0.6) is 5.75 Å². The lowest BCUT2D eigenvalue weighted by atomic mass is 10.1. The SMILES string of the molecule is O=C(C=Cc1ccc(N2N=N2)cc1)c1ccc(O)cc1. The van der Waals surface area contributed by atoms with Crippen LogP contribution < -0.4 is 5.12 Å². The number of phenols is 1. The van der Waals surface area contributed by atoms with Crippen molar-refractivity contribution in [3.63, 3.8) is 0 Å². The number of anilines is 1. The average molecular weight is 265 g/mol. The van der Waals surface area contributed by atoms with Crippen LogP contribution in [0.3, 0.4) is 0 Å². The molecule has 0 unspecified atom stereocenters. The van der Waals surface area contributed by atoms with Crippen molar-refractivity contribution in [2.75, 3.05) is 5.12 Å². The van der Waals surface area contributed by atoms with Gasteiger partial charge in [0.15, 0.2) is 5.78 Å². The van der Waals surface area contributed by atoms with Gasteiger partial charge in [0.05, 0.1) is 5.69 Å². The van der Waals surface area contributed by atoms with Crippen LogP contribution in [-0.2, 0) is 0 Å². The highest BCUT2D eigenvalue weighted by Gasteiger charge is 2.12. The molecule has 2 aromatic rings. The van der Waals surface area contributed by atoms with Gasteiger partial charge in [-0.3, -0.25) is 4.79 Å². The number of nitrogens with zero attached hydrogens (tertiary/aromatic N) is 3. The summed E-state index contributed by atoms with van der Waals surface area (Å²) in [6, 6.07) is 13.7. The van der Waals surface area contributed by atoms with Crippen LogP contribution in [0.2, 0.25) is 0 Å². The van der Waals surface area contributed by atoms with E-state index in [0.29, 0.717) is 5.56 Å². The predicted octanol–water partition coefficient (Wildman–Crippen LogP) is 3.39. The van der Waals surface area contributed by atoms with Crippen LogP contribution >= 0.6 is 0 Å². The molecule has 0 saturated heterocycles. The van der Waals surface area contributed by atoms with Gasteiger partial charge < -0.3 is 5.11 Å². The summed E-state index contributed by atoms with van der Waals surface area (Å²) in [5, 5.41) is 18.1. The highest BCUT2D eigenvalue weighted by molar-refractivity contribution is 6.06. The molecule has 2 aromatic carbocycles. The molecular formula is C15H11N3O2. The van der Waals surface area contributed by atoms with Crippen molar-refractivity contribution in [1.29, 1.82) is 0 Å². The van der Waals surface area contributed by atoms with Crippen molar-refractivity contribution < 1.29 is 9.90 Å². The van der Waals surface area contributed by atoms with Crippen LogP contribution in [0.25, 0.3) is 6.08 Å². The van der Waals surface area contributed by atoms with Crippen LogP contribution in [0.1, 0.15) is 15.9 Å². The van der Waals surface area contributed by atoms with E-state index in [-0.39, 0.29) is 11.5 Å². The summed E-state index contributed by atoms with van der Waals surface area (Å²) in [4.78, 5) is 11.9. The molecule has 0 aliphatic carbocycles. The summed E-state index contributed by atoms with van der Waals surface area (Å²) in [6.07, 6.45) is 3.25. The Morgan fingerprint density at radius 1 is 1.00 bits per heavy atom. The number of rotatable bonds is 4. The largest absolute Gasteiger partial charge is 0.508 e. The maximum Gasteiger partial charge on any atom is 0.185 e. The lowest BCUT2D eigenvalue weighted by Crippen LogP contribution is -1.93. The van der Waals surface area contributed by atoms with Gasteiger partial charge in [0.1, 0.15) is 5.75 Å². The van der Waals surface area contributed by atoms with Crippen molar-refractivity contribution >= 4 is 17.5 Å². The van der Waals surface area contributed by atoms with Crippen LogP contribution in [0.15, 0.2) is 65.1 Å². The van der Waals surface area contributed by atoms with Gasteiger partial charge in [0, 0.05) is 5.56 Å². The molecule has 5 heteroatoms. The third-order valence-electron chi connectivity index (χ3n) is 2.88. The van der Waals surface area contributed by atoms with Crippen molar-refractivity contribution in [2.24, 2.45) is 10.4 Å². The zero-order valence-electron chi connectivity index (χ0n) is 10.5. The number of carbonyl (C=O) groups excluding carboxylic acids is 1. The molecule has 0 radical (unpaired) electrons. The van der Waals surface area contributed by atoms with E-state index in [2.05, 4.69) is 10.4 Å². The van der Waals surface area contributed by atoms with E-state index in [0.717, 1.165) is 11.3 Å². The van der Waals surface area contributed by atoms with E-state index in [1.54, 1.807) is 18.2 Å². The van der Waals surface area contributed by atoms with Gasteiger partial charge in [-0.1, -0.05) is 18.2 Å². The molecular weight excluding hydrogens is 254 g/mol. The fourth-order valence-corrected chi connectivity index (χ4v) is 1.74. The van der Waals surface area contributed by atoms with Gasteiger partial charge in [0.2, 0.25) is 0 Å². The van der Waals surface area contributed by atoms with Crippen LogP contribution in [0, 0.1) is 0 Å². The number of hydrogen-bond acceptors (Lipinski definition) is 5. The molecule has 0 saturated carbocycles. The average Bonchev–Trinajstić information content (AvgIpc) is 3.31. The summed E-state index contributed by atoms with van der Waals surface area (Å²) in [5.74, 6) is 0.0389. The molecule has 1 heterocycles. The summed E-state index contributed by atoms with van der Waals surface area (Å²) in [6.45, 7) is 0. The highest BCUT2D eigenvalue weighted by Crippen LogP contribution is 2.23. The predicted molar refractivity (Wildman–Crippen MR) is 75.2 cm³/mol. The molecule has 0 atom stereocenters. The second-order valence-corrected chi connectivity index (χ2v) is 4.30. The first-order chi connectivity index (χ1) is 9.72. The summed E-state index contributed by atoms with van der Waals surface area (Å²) < 4.78 is 0. The Balaban J connectivity index is 1.69. The summed E-state index contributed by atoms with van der Waals surface area (Å²) >= 11 is 0. The highest BCUT2D eigenvalue weighted by atomic mass is 16.3. The number of hydrogen-bond donors (Lipinski definition) is 1. The fourth-order valence-electron chi connectivity index (χ4n) is 1.74. The zero-order chi connectivity index (χ0) is 13.9. The first-order valence-electron chi connectivity index (χ1n) is 6.05. The van der Waals surface area contributed by atoms with Crippen LogP contribution in [0.4, 0.5) is 5.69 Å². The minimum atomic E-state index is -0.106. The van der Waals surface area contributed by atoms with Gasteiger partial charge in [-0.2, -0.15) is 0 Å². The van der Waals surface area contributed by atoms with E-state index in [4.69, 9.17) is 0 Å². The Morgan fingerprint density at radius 3 is 2.25 bits per heavy atom. The maximum atomic E-state index is 11.9. The number of allylic oxidation sites excluding steroid dienone is 1. The molecule has 0 spiro atoms. The smallest absolute Gasteiger partial charge is 0.185 e. The third kappa shape index (κ3) is 2.72. The Kier molecular flexibility index (Phi) is 3.01. The van der Waals surface area contributed by atoms with E-state index in [1.807, 2.05) is 24.3 Å². The van der Waals surface area contributed by atoms with Gasteiger partial charge in [-0.15, -0.1) is 5.12 Å². The molecule has 98 valence electrons. The molecule has 3 rings (SSSR count). The minimum Gasteiger partial charge on any atom is -0.508 e. The Morgan fingerprint density at radius 2 is 1.65 bits per heavy atom. The van der Waals surface area contributed by atoms with E-state index in [1.165, 1.54) is 23.3 Å². The second-order valence-electron chi connectivity index (χ2n) is 4.30. The first-order valence-corrected chi connectivity index (χ1v) is 6.05. The van der Waals surface area contributed by atoms with E-state index in [9.17, 15) is 9.90 Å². The molecule has 0 aromatic heterocycles. The standard InChI is InChI=1S/C15H11N3O2/c19-14-8-4-12(5-9-14)15(20)10-3-11-1-6-13(7-2-11)18-16-17-18/h1-10,19H. The Labute approximate surface area is 115 Å². The summed E-state index contributed by atoms with van der Waals surface area (Å²) in [7, 11) is 0. The Hall–Kier alpha value is -2.95. The van der Waals surface area contributed by atoms with E-state index >= 15 is 0 Å². The quantitative estimate of drug-likeness (QED) is 0.680. The molecule has 1 N–H and O–H groups in total. The normalized spacial score (nSPS) is 12.9. The monoisotopic (exact) mass is 265 g/mol. The number of phenolic OH excluding ortho intramolecular Hbond substituents is 1. The molecule has 1 aliphatic rings. The lowest BCUT2D eigenvalue weighted by molar-refractivity contribution is 0.104. The zero-order valence-corrected chi connectivity index (χ0v) is 10.5. The number of benzene rings is 2. The van der Waals surface area contributed by atoms with Gasteiger partial charge >= 0.3 is 0 Å². The van der Waals surface area contributed by atoms with Crippen LogP contribution in [-0.4, -0.2) is 10.9 Å². The first kappa shape index (κ1) is 12.1. The van der Waals surface area contributed by atoms with Crippen molar-refractivity contribution in [2.45, 2.75) is 0 Å². The fraction of sp³-hybridized carbons (Fsp3) is 0. The van der Waals surface area contributed by atoms with Gasteiger partial charge in [-0.05, 0) is 58.5 Å². The van der Waals surface area contributed by atoms with Crippen molar-refractivity contribution in [3.05, 3.63) is 65.7 Å². The molecule has 0 amide bonds. The lowest BCUT2D eigenvalue weighted by Gasteiger charge is -1.98. The third-order valence-corrected chi connectivity index (χ3v) is 2.88. The molecule has 1 aliphatic heterocycles. The molecule has 20 heavy (non-hydrogen) atoms. The number of carbonyl (C=O) groups is 1. The molecule has 0 fully saturated rings. The van der Waals surface area contributed by atoms with Crippen molar-refractivity contribution in [3.8, 4) is 5.75 Å². The topological polar surface area (TPSA) is 65.0 Å². The minimum absolute atomic E-state index is 0.106. The molecule has 0 bridgehead atoms. The van der Waals surface area contributed by atoms with Crippen molar-refractivity contribution in [1.82, 2.24) is 0 Å². The second kappa shape index (κ2) is 4.97. The number of ketones is 1. The van der Waals surface area contributed by atoms with E-state index < -0.39 is 0 Å². The Bertz CT molecular complexity index is 682. The van der Waals surface area contributed by atoms with Gasteiger partial charge in [-0.25, -0.2) is 0 Å². The maximum absolute atomic E-state index is 11.9.